The lowest BCUT2D eigenvalue weighted by molar-refractivity contribution is 0.379. The number of pyridine rings is 1. The summed E-state index contributed by atoms with van der Waals surface area (Å²) in [7, 11) is 1.62. The molecule has 0 spiro atoms. The minimum absolute atomic E-state index is 0.0450. The average Bonchev–Trinajstić information content (AvgIpc) is 2.83. The van der Waals surface area contributed by atoms with Crippen LogP contribution < -0.4 is 10.1 Å². The Labute approximate surface area is 106 Å². The van der Waals surface area contributed by atoms with Crippen molar-refractivity contribution in [3.8, 4) is 5.88 Å². The standard InChI is InChI=1S/C13H17N3O2/c1-9-7-16-12(18-9)10(2)15-8-11-5-4-6-14-13(11)17-3/h4-7,10,15H,8H2,1-3H3. The maximum Gasteiger partial charge on any atom is 0.217 e. The van der Waals surface area contributed by atoms with Crippen LogP contribution in [0.1, 0.15) is 30.2 Å². The summed E-state index contributed by atoms with van der Waals surface area (Å²) in [5.74, 6) is 2.15. The second-order valence-electron chi connectivity index (χ2n) is 4.08. The van der Waals surface area contributed by atoms with Gasteiger partial charge in [-0.2, -0.15) is 0 Å². The van der Waals surface area contributed by atoms with Crippen molar-refractivity contribution in [2.75, 3.05) is 7.11 Å². The molecule has 0 saturated heterocycles. The van der Waals surface area contributed by atoms with Gasteiger partial charge in [-0.05, 0) is 19.9 Å². The first-order valence-corrected chi connectivity index (χ1v) is 5.84. The minimum atomic E-state index is 0.0450. The van der Waals surface area contributed by atoms with E-state index in [4.69, 9.17) is 9.15 Å². The summed E-state index contributed by atoms with van der Waals surface area (Å²) in [4.78, 5) is 8.35. The second kappa shape index (κ2) is 5.64. The highest BCUT2D eigenvalue weighted by atomic mass is 16.5. The fourth-order valence-electron chi connectivity index (χ4n) is 1.67. The molecule has 5 heteroatoms. The Bertz CT molecular complexity index is 510. The average molecular weight is 247 g/mol. The summed E-state index contributed by atoms with van der Waals surface area (Å²) < 4.78 is 10.7. The molecule has 2 rings (SSSR count). The van der Waals surface area contributed by atoms with E-state index in [1.165, 1.54) is 0 Å². The van der Waals surface area contributed by atoms with Crippen LogP contribution in [-0.4, -0.2) is 17.1 Å². The summed E-state index contributed by atoms with van der Waals surface area (Å²) in [6, 6.07) is 3.91. The van der Waals surface area contributed by atoms with Crippen molar-refractivity contribution in [2.24, 2.45) is 0 Å². The van der Waals surface area contributed by atoms with Crippen LogP contribution in [0.25, 0.3) is 0 Å². The molecular weight excluding hydrogens is 230 g/mol. The maximum atomic E-state index is 5.47. The summed E-state index contributed by atoms with van der Waals surface area (Å²) in [5.41, 5.74) is 1.01. The molecule has 0 radical (unpaired) electrons. The molecule has 2 aromatic heterocycles. The quantitative estimate of drug-likeness (QED) is 0.878. The lowest BCUT2D eigenvalue weighted by Crippen LogP contribution is -2.18. The molecule has 0 aliphatic carbocycles. The molecule has 0 bridgehead atoms. The maximum absolute atomic E-state index is 5.47. The summed E-state index contributed by atoms with van der Waals surface area (Å²) >= 11 is 0. The lowest BCUT2D eigenvalue weighted by atomic mass is 10.2. The SMILES string of the molecule is COc1ncccc1CNC(C)c1ncc(C)o1. The molecule has 0 aliphatic heterocycles. The van der Waals surface area contributed by atoms with Gasteiger partial charge in [0.2, 0.25) is 11.8 Å². The van der Waals surface area contributed by atoms with Gasteiger partial charge in [-0.15, -0.1) is 0 Å². The Hall–Kier alpha value is -1.88. The van der Waals surface area contributed by atoms with E-state index in [9.17, 15) is 0 Å². The van der Waals surface area contributed by atoms with Crippen molar-refractivity contribution in [2.45, 2.75) is 26.4 Å². The van der Waals surface area contributed by atoms with Gasteiger partial charge in [0.1, 0.15) is 5.76 Å². The first kappa shape index (κ1) is 12.6. The molecule has 0 aromatic carbocycles. The Morgan fingerprint density at radius 3 is 2.94 bits per heavy atom. The largest absolute Gasteiger partial charge is 0.481 e. The predicted octanol–water partition coefficient (Wildman–Crippen LogP) is 2.24. The molecule has 0 fully saturated rings. The van der Waals surface area contributed by atoms with Gasteiger partial charge in [0.05, 0.1) is 19.3 Å². The van der Waals surface area contributed by atoms with E-state index in [2.05, 4.69) is 15.3 Å². The van der Waals surface area contributed by atoms with Gasteiger partial charge in [0.25, 0.3) is 0 Å². The molecule has 2 aromatic rings. The van der Waals surface area contributed by atoms with Crippen LogP contribution in [0.4, 0.5) is 0 Å². The molecule has 1 N–H and O–H groups in total. The van der Waals surface area contributed by atoms with Crippen molar-refractivity contribution in [1.82, 2.24) is 15.3 Å². The van der Waals surface area contributed by atoms with Crippen LogP contribution in [0, 0.1) is 6.92 Å². The van der Waals surface area contributed by atoms with Crippen LogP contribution in [0.15, 0.2) is 28.9 Å². The molecule has 0 amide bonds. The van der Waals surface area contributed by atoms with Gasteiger partial charge in [0.15, 0.2) is 0 Å². The predicted molar refractivity (Wildman–Crippen MR) is 67.3 cm³/mol. The lowest BCUT2D eigenvalue weighted by Gasteiger charge is -2.12. The third-order valence-electron chi connectivity index (χ3n) is 2.65. The van der Waals surface area contributed by atoms with Gasteiger partial charge in [-0.3, -0.25) is 0 Å². The van der Waals surface area contributed by atoms with Gasteiger partial charge in [-0.1, -0.05) is 6.07 Å². The molecular formula is C13H17N3O2. The van der Waals surface area contributed by atoms with Gasteiger partial charge in [-0.25, -0.2) is 9.97 Å². The van der Waals surface area contributed by atoms with E-state index in [0.717, 1.165) is 11.3 Å². The molecule has 0 saturated carbocycles. The molecule has 18 heavy (non-hydrogen) atoms. The van der Waals surface area contributed by atoms with Gasteiger partial charge >= 0.3 is 0 Å². The molecule has 5 nitrogen and oxygen atoms in total. The first-order chi connectivity index (χ1) is 8.70. The number of aryl methyl sites for hydroxylation is 1. The highest BCUT2D eigenvalue weighted by Crippen LogP contribution is 2.16. The molecule has 96 valence electrons. The highest BCUT2D eigenvalue weighted by molar-refractivity contribution is 5.25. The summed E-state index contributed by atoms with van der Waals surface area (Å²) in [6.45, 7) is 4.54. The Balaban J connectivity index is 1.99. The number of methoxy groups -OCH3 is 1. The minimum Gasteiger partial charge on any atom is -0.481 e. The van der Waals surface area contributed by atoms with Crippen LogP contribution in [0.3, 0.4) is 0 Å². The Morgan fingerprint density at radius 2 is 2.28 bits per heavy atom. The number of hydrogen-bond acceptors (Lipinski definition) is 5. The zero-order chi connectivity index (χ0) is 13.0. The number of aromatic nitrogens is 2. The fourth-order valence-corrected chi connectivity index (χ4v) is 1.67. The smallest absolute Gasteiger partial charge is 0.217 e. The van der Waals surface area contributed by atoms with E-state index < -0.39 is 0 Å². The number of nitrogens with one attached hydrogen (secondary N) is 1. The molecule has 1 atom stereocenters. The summed E-state index contributed by atoms with van der Waals surface area (Å²) in [5, 5.41) is 3.33. The van der Waals surface area contributed by atoms with Crippen LogP contribution in [0.5, 0.6) is 5.88 Å². The molecule has 2 heterocycles. The van der Waals surface area contributed by atoms with E-state index in [-0.39, 0.29) is 6.04 Å². The van der Waals surface area contributed by atoms with Gasteiger partial charge in [0, 0.05) is 18.3 Å². The number of ether oxygens (including phenoxy) is 1. The number of nitrogens with zero attached hydrogens (tertiary/aromatic N) is 2. The molecule has 0 aliphatic rings. The molecule has 1 unspecified atom stereocenters. The number of oxazole rings is 1. The van der Waals surface area contributed by atoms with Crippen LogP contribution in [-0.2, 0) is 6.54 Å². The van der Waals surface area contributed by atoms with Crippen molar-refractivity contribution in [3.63, 3.8) is 0 Å². The third-order valence-corrected chi connectivity index (χ3v) is 2.65. The fraction of sp³-hybridized carbons (Fsp3) is 0.385. The number of hydrogen-bond donors (Lipinski definition) is 1. The third kappa shape index (κ3) is 2.87. The zero-order valence-corrected chi connectivity index (χ0v) is 10.8. The monoisotopic (exact) mass is 247 g/mol. The summed E-state index contributed by atoms with van der Waals surface area (Å²) in [6.07, 6.45) is 3.43. The normalized spacial score (nSPS) is 12.4. The zero-order valence-electron chi connectivity index (χ0n) is 10.8. The topological polar surface area (TPSA) is 60.2 Å². The van der Waals surface area contributed by atoms with E-state index in [1.807, 2.05) is 26.0 Å². The first-order valence-electron chi connectivity index (χ1n) is 5.84. The van der Waals surface area contributed by atoms with Crippen molar-refractivity contribution in [3.05, 3.63) is 41.7 Å². The van der Waals surface area contributed by atoms with Crippen molar-refractivity contribution < 1.29 is 9.15 Å². The van der Waals surface area contributed by atoms with E-state index >= 15 is 0 Å². The number of rotatable bonds is 5. The van der Waals surface area contributed by atoms with E-state index in [0.29, 0.717) is 18.3 Å². The highest BCUT2D eigenvalue weighted by Gasteiger charge is 2.12. The Kier molecular flexibility index (Phi) is 3.94. The van der Waals surface area contributed by atoms with Crippen molar-refractivity contribution in [1.29, 1.82) is 0 Å². The Morgan fingerprint density at radius 1 is 1.44 bits per heavy atom. The van der Waals surface area contributed by atoms with Gasteiger partial charge < -0.3 is 14.5 Å². The van der Waals surface area contributed by atoms with E-state index in [1.54, 1.807) is 19.5 Å². The van der Waals surface area contributed by atoms with Crippen LogP contribution >= 0.6 is 0 Å². The van der Waals surface area contributed by atoms with Crippen molar-refractivity contribution >= 4 is 0 Å². The second-order valence-corrected chi connectivity index (χ2v) is 4.08. The van der Waals surface area contributed by atoms with Crippen LogP contribution in [0.2, 0.25) is 0 Å².